The summed E-state index contributed by atoms with van der Waals surface area (Å²) >= 11 is 3.36. The molecule has 98 valence electrons. The first-order valence-corrected chi connectivity index (χ1v) is 6.66. The van der Waals surface area contributed by atoms with Crippen molar-refractivity contribution in [2.24, 2.45) is 5.92 Å². The summed E-state index contributed by atoms with van der Waals surface area (Å²) in [5, 5.41) is 3.15. The van der Waals surface area contributed by atoms with Crippen molar-refractivity contribution >= 4 is 21.9 Å². The van der Waals surface area contributed by atoms with Crippen LogP contribution in [-0.4, -0.2) is 19.1 Å². The van der Waals surface area contributed by atoms with Gasteiger partial charge in [0.25, 0.3) is 0 Å². The molecule has 1 atom stereocenters. The molecular formula is C13H15BrFNO2. The van der Waals surface area contributed by atoms with Crippen LogP contribution in [0.1, 0.15) is 18.4 Å². The molecule has 1 fully saturated rings. The van der Waals surface area contributed by atoms with Crippen molar-refractivity contribution in [3.8, 4) is 0 Å². The zero-order chi connectivity index (χ0) is 13.1. The van der Waals surface area contributed by atoms with E-state index in [1.165, 1.54) is 19.2 Å². The Balaban J connectivity index is 2.00. The molecule has 0 saturated heterocycles. The summed E-state index contributed by atoms with van der Waals surface area (Å²) in [6, 6.07) is 4.23. The number of halogens is 2. The predicted octanol–water partition coefficient (Wildman–Crippen LogP) is 2.63. The third kappa shape index (κ3) is 3.29. The molecule has 1 aromatic rings. The van der Waals surface area contributed by atoms with E-state index in [1.807, 2.05) is 0 Å². The molecule has 0 bridgehead atoms. The van der Waals surface area contributed by atoms with E-state index in [4.69, 9.17) is 4.74 Å². The van der Waals surface area contributed by atoms with E-state index in [-0.39, 0.29) is 17.8 Å². The first-order chi connectivity index (χ1) is 8.61. The molecule has 1 unspecified atom stereocenters. The highest BCUT2D eigenvalue weighted by molar-refractivity contribution is 9.10. The van der Waals surface area contributed by atoms with Gasteiger partial charge in [-0.25, -0.2) is 4.39 Å². The standard InChI is InChI=1S/C13H15BrFNO2/c1-18-13(17)12(8-2-3-8)16-7-9-6-10(15)4-5-11(9)14/h4-6,8,12,16H,2-3,7H2,1H3. The van der Waals surface area contributed by atoms with Gasteiger partial charge < -0.3 is 10.1 Å². The van der Waals surface area contributed by atoms with Gasteiger partial charge in [-0.05, 0) is 42.5 Å². The first kappa shape index (κ1) is 13.5. The van der Waals surface area contributed by atoms with Crippen molar-refractivity contribution in [1.29, 1.82) is 0 Å². The molecule has 0 amide bonds. The van der Waals surface area contributed by atoms with E-state index in [9.17, 15) is 9.18 Å². The van der Waals surface area contributed by atoms with E-state index < -0.39 is 0 Å². The molecule has 0 aromatic heterocycles. The Labute approximate surface area is 114 Å². The highest BCUT2D eigenvalue weighted by atomic mass is 79.9. The Morgan fingerprint density at radius 1 is 1.61 bits per heavy atom. The molecule has 1 aliphatic rings. The summed E-state index contributed by atoms with van der Waals surface area (Å²) in [6.45, 7) is 0.439. The molecule has 18 heavy (non-hydrogen) atoms. The number of nitrogens with one attached hydrogen (secondary N) is 1. The quantitative estimate of drug-likeness (QED) is 0.849. The molecule has 1 N–H and O–H groups in total. The lowest BCUT2D eigenvalue weighted by Crippen LogP contribution is -2.39. The Morgan fingerprint density at radius 3 is 2.94 bits per heavy atom. The number of hydrogen-bond donors (Lipinski definition) is 1. The Hall–Kier alpha value is -0.940. The molecule has 1 aliphatic carbocycles. The average molecular weight is 316 g/mol. The Bertz CT molecular complexity index is 449. The van der Waals surface area contributed by atoms with Crippen LogP contribution in [-0.2, 0) is 16.1 Å². The fourth-order valence-electron chi connectivity index (χ4n) is 1.90. The lowest BCUT2D eigenvalue weighted by molar-refractivity contribution is -0.143. The minimum absolute atomic E-state index is 0.245. The zero-order valence-electron chi connectivity index (χ0n) is 10.1. The fourth-order valence-corrected chi connectivity index (χ4v) is 2.28. The van der Waals surface area contributed by atoms with Crippen molar-refractivity contribution in [1.82, 2.24) is 5.32 Å². The molecule has 0 spiro atoms. The highest BCUT2D eigenvalue weighted by Gasteiger charge is 2.36. The second-order valence-electron chi connectivity index (χ2n) is 4.45. The summed E-state index contributed by atoms with van der Waals surface area (Å²) in [6.07, 6.45) is 2.08. The third-order valence-electron chi connectivity index (χ3n) is 3.07. The van der Waals surface area contributed by atoms with Gasteiger partial charge in [0, 0.05) is 11.0 Å². The average Bonchev–Trinajstić information content (AvgIpc) is 3.17. The molecule has 2 rings (SSSR count). The van der Waals surface area contributed by atoms with Crippen LogP contribution >= 0.6 is 15.9 Å². The van der Waals surface area contributed by atoms with Crippen molar-refractivity contribution in [3.05, 3.63) is 34.1 Å². The Kier molecular flexibility index (Phi) is 4.35. The molecular weight excluding hydrogens is 301 g/mol. The lowest BCUT2D eigenvalue weighted by atomic mass is 10.1. The number of rotatable bonds is 5. The van der Waals surface area contributed by atoms with E-state index in [1.54, 1.807) is 6.07 Å². The monoisotopic (exact) mass is 315 g/mol. The molecule has 1 aromatic carbocycles. The maximum absolute atomic E-state index is 13.1. The van der Waals surface area contributed by atoms with Crippen LogP contribution in [0.15, 0.2) is 22.7 Å². The van der Waals surface area contributed by atoms with Crippen LogP contribution in [0.3, 0.4) is 0 Å². The first-order valence-electron chi connectivity index (χ1n) is 5.87. The molecule has 1 saturated carbocycles. The third-order valence-corrected chi connectivity index (χ3v) is 3.84. The van der Waals surface area contributed by atoms with Crippen LogP contribution in [0.25, 0.3) is 0 Å². The second-order valence-corrected chi connectivity index (χ2v) is 5.31. The molecule has 0 radical (unpaired) electrons. The minimum Gasteiger partial charge on any atom is -0.468 e. The minimum atomic E-state index is -0.287. The van der Waals surface area contributed by atoms with Gasteiger partial charge in [0.05, 0.1) is 7.11 Å². The number of ether oxygens (including phenoxy) is 1. The van der Waals surface area contributed by atoms with Crippen molar-refractivity contribution < 1.29 is 13.9 Å². The summed E-state index contributed by atoms with van der Waals surface area (Å²) < 4.78 is 18.7. The molecule has 0 aliphatic heterocycles. The summed E-state index contributed by atoms with van der Waals surface area (Å²) in [7, 11) is 1.39. The molecule has 3 nitrogen and oxygen atoms in total. The van der Waals surface area contributed by atoms with E-state index >= 15 is 0 Å². The highest BCUT2D eigenvalue weighted by Crippen LogP contribution is 2.33. The van der Waals surface area contributed by atoms with E-state index in [0.717, 1.165) is 22.9 Å². The maximum atomic E-state index is 13.1. The van der Waals surface area contributed by atoms with Crippen molar-refractivity contribution in [2.45, 2.75) is 25.4 Å². The predicted molar refractivity (Wildman–Crippen MR) is 69.5 cm³/mol. The van der Waals surface area contributed by atoms with Gasteiger partial charge in [-0.1, -0.05) is 15.9 Å². The fraction of sp³-hybridized carbons (Fsp3) is 0.462. The van der Waals surface area contributed by atoms with Gasteiger partial charge >= 0.3 is 5.97 Å². The second kappa shape index (κ2) is 5.80. The van der Waals surface area contributed by atoms with Crippen LogP contribution in [0.4, 0.5) is 4.39 Å². The van der Waals surface area contributed by atoms with Crippen LogP contribution in [0, 0.1) is 11.7 Å². The SMILES string of the molecule is COC(=O)C(NCc1cc(F)ccc1Br)C1CC1. The number of methoxy groups -OCH3 is 1. The number of hydrogen-bond acceptors (Lipinski definition) is 3. The van der Waals surface area contributed by atoms with E-state index in [0.29, 0.717) is 12.5 Å². The van der Waals surface area contributed by atoms with Gasteiger partial charge in [-0.15, -0.1) is 0 Å². The van der Waals surface area contributed by atoms with Gasteiger partial charge in [0.15, 0.2) is 0 Å². The summed E-state index contributed by atoms with van der Waals surface area (Å²) in [5.74, 6) is -0.175. The van der Waals surface area contributed by atoms with Crippen molar-refractivity contribution in [2.75, 3.05) is 7.11 Å². The number of carbonyl (C=O) groups excluding carboxylic acids is 1. The zero-order valence-corrected chi connectivity index (χ0v) is 11.7. The van der Waals surface area contributed by atoms with Crippen LogP contribution in [0.5, 0.6) is 0 Å². The number of carbonyl (C=O) groups is 1. The normalized spacial score (nSPS) is 16.4. The van der Waals surface area contributed by atoms with Gasteiger partial charge in [0.1, 0.15) is 11.9 Å². The van der Waals surface area contributed by atoms with Gasteiger partial charge in [0.2, 0.25) is 0 Å². The van der Waals surface area contributed by atoms with Crippen LogP contribution < -0.4 is 5.32 Å². The van der Waals surface area contributed by atoms with E-state index in [2.05, 4.69) is 21.2 Å². The smallest absolute Gasteiger partial charge is 0.323 e. The summed E-state index contributed by atoms with van der Waals surface area (Å²) in [4.78, 5) is 11.6. The van der Waals surface area contributed by atoms with Gasteiger partial charge in [-0.3, -0.25) is 4.79 Å². The summed E-state index contributed by atoms with van der Waals surface area (Å²) in [5.41, 5.74) is 0.796. The van der Waals surface area contributed by atoms with Crippen molar-refractivity contribution in [3.63, 3.8) is 0 Å². The van der Waals surface area contributed by atoms with Gasteiger partial charge in [-0.2, -0.15) is 0 Å². The topological polar surface area (TPSA) is 38.3 Å². The largest absolute Gasteiger partial charge is 0.468 e. The lowest BCUT2D eigenvalue weighted by Gasteiger charge is -2.16. The Morgan fingerprint density at radius 2 is 2.33 bits per heavy atom. The maximum Gasteiger partial charge on any atom is 0.323 e. The number of benzene rings is 1. The van der Waals surface area contributed by atoms with Crippen LogP contribution in [0.2, 0.25) is 0 Å². The molecule has 0 heterocycles. The number of esters is 1. The molecule has 5 heteroatoms.